The van der Waals surface area contributed by atoms with Crippen LogP contribution in [0.25, 0.3) is 0 Å². The first-order chi connectivity index (χ1) is 13.4. The number of nitrogens with one attached hydrogen (secondary N) is 1. The minimum absolute atomic E-state index is 0.0666. The Balaban J connectivity index is 1.98. The number of hydrogen-bond acceptors (Lipinski definition) is 6. The maximum atomic E-state index is 13.0. The zero-order chi connectivity index (χ0) is 20.3. The SMILES string of the molecule is COC(=O)C1=C(C)NC(C)=C(C(=O)OC[C@H]2CCCO2)[C@@H]1c1cccc(Br)c1. The molecule has 28 heavy (non-hydrogen) atoms. The van der Waals surface area contributed by atoms with E-state index in [1.165, 1.54) is 7.11 Å². The fraction of sp³-hybridized carbons (Fsp3) is 0.429. The van der Waals surface area contributed by atoms with Gasteiger partial charge in [-0.2, -0.15) is 0 Å². The molecule has 1 N–H and O–H groups in total. The van der Waals surface area contributed by atoms with E-state index in [0.717, 1.165) is 22.9 Å². The van der Waals surface area contributed by atoms with Gasteiger partial charge in [-0.1, -0.05) is 28.1 Å². The second kappa shape index (κ2) is 8.92. The number of allylic oxidation sites excluding steroid dienone is 2. The van der Waals surface area contributed by atoms with Crippen molar-refractivity contribution in [3.05, 3.63) is 56.8 Å². The van der Waals surface area contributed by atoms with Crippen molar-refractivity contribution in [2.24, 2.45) is 0 Å². The highest BCUT2D eigenvalue weighted by atomic mass is 79.9. The Morgan fingerprint density at radius 3 is 2.54 bits per heavy atom. The van der Waals surface area contributed by atoms with Crippen molar-refractivity contribution in [1.29, 1.82) is 0 Å². The van der Waals surface area contributed by atoms with Crippen LogP contribution in [0.15, 0.2) is 51.3 Å². The molecule has 2 aliphatic rings. The van der Waals surface area contributed by atoms with E-state index in [0.29, 0.717) is 29.1 Å². The molecule has 150 valence electrons. The molecule has 0 amide bonds. The largest absolute Gasteiger partial charge is 0.466 e. The van der Waals surface area contributed by atoms with Crippen LogP contribution in [0.5, 0.6) is 0 Å². The van der Waals surface area contributed by atoms with Crippen LogP contribution < -0.4 is 5.32 Å². The molecular formula is C21H24BrNO5. The van der Waals surface area contributed by atoms with Crippen LogP contribution in [0.3, 0.4) is 0 Å². The number of carbonyl (C=O) groups is 2. The molecule has 1 fully saturated rings. The molecule has 1 aromatic rings. The molecule has 0 radical (unpaired) electrons. The van der Waals surface area contributed by atoms with Crippen LogP contribution in [0.4, 0.5) is 0 Å². The van der Waals surface area contributed by atoms with E-state index >= 15 is 0 Å². The monoisotopic (exact) mass is 449 g/mol. The summed E-state index contributed by atoms with van der Waals surface area (Å²) in [6.07, 6.45) is 1.79. The van der Waals surface area contributed by atoms with E-state index in [1.807, 2.05) is 31.2 Å². The molecular weight excluding hydrogens is 426 g/mol. The maximum Gasteiger partial charge on any atom is 0.336 e. The van der Waals surface area contributed by atoms with Gasteiger partial charge in [-0.3, -0.25) is 0 Å². The Kier molecular flexibility index (Phi) is 6.57. The van der Waals surface area contributed by atoms with Crippen molar-refractivity contribution in [1.82, 2.24) is 5.32 Å². The Bertz CT molecular complexity index is 839. The summed E-state index contributed by atoms with van der Waals surface area (Å²) in [6, 6.07) is 7.55. The summed E-state index contributed by atoms with van der Waals surface area (Å²) in [6.45, 7) is 4.51. The van der Waals surface area contributed by atoms with Crippen molar-refractivity contribution >= 4 is 27.9 Å². The summed E-state index contributed by atoms with van der Waals surface area (Å²) in [5.41, 5.74) is 2.92. The summed E-state index contributed by atoms with van der Waals surface area (Å²) >= 11 is 3.47. The first kappa shape index (κ1) is 20.6. The first-order valence-corrected chi connectivity index (χ1v) is 10.0. The van der Waals surface area contributed by atoms with Crippen LogP contribution in [0, 0.1) is 0 Å². The molecule has 0 bridgehead atoms. The normalized spacial score (nSPS) is 22.1. The quantitative estimate of drug-likeness (QED) is 0.692. The van der Waals surface area contributed by atoms with Gasteiger partial charge in [0, 0.05) is 22.5 Å². The minimum atomic E-state index is -0.580. The lowest BCUT2D eigenvalue weighted by Crippen LogP contribution is -2.33. The van der Waals surface area contributed by atoms with E-state index in [9.17, 15) is 9.59 Å². The topological polar surface area (TPSA) is 73.9 Å². The zero-order valence-corrected chi connectivity index (χ0v) is 17.8. The Morgan fingerprint density at radius 1 is 1.21 bits per heavy atom. The number of halogens is 1. The molecule has 3 rings (SSSR count). The maximum absolute atomic E-state index is 13.0. The fourth-order valence-corrected chi connectivity index (χ4v) is 4.10. The third kappa shape index (κ3) is 4.31. The molecule has 0 unspecified atom stereocenters. The predicted octanol–water partition coefficient (Wildman–Crippen LogP) is 3.58. The van der Waals surface area contributed by atoms with Crippen molar-refractivity contribution in [2.75, 3.05) is 20.3 Å². The van der Waals surface area contributed by atoms with Crippen LogP contribution >= 0.6 is 15.9 Å². The number of dihydropyridines is 1. The smallest absolute Gasteiger partial charge is 0.336 e. The van der Waals surface area contributed by atoms with Crippen LogP contribution in [0.1, 0.15) is 38.2 Å². The molecule has 7 heteroatoms. The van der Waals surface area contributed by atoms with Crippen LogP contribution in [-0.4, -0.2) is 38.4 Å². The summed E-state index contributed by atoms with van der Waals surface area (Å²) < 4.78 is 17.0. The standard InChI is InChI=1S/C21H24BrNO5/c1-12-17(20(24)26-3)19(14-6-4-7-15(22)10-14)18(13(2)23-12)21(25)28-11-16-8-5-9-27-16/h4,6-7,10,16,19,23H,5,8-9,11H2,1-3H3/t16-,19-/m1/s1. The number of ether oxygens (including phenoxy) is 3. The molecule has 2 heterocycles. The Hall–Kier alpha value is -2.12. The minimum Gasteiger partial charge on any atom is -0.466 e. The highest BCUT2D eigenvalue weighted by Crippen LogP contribution is 2.39. The van der Waals surface area contributed by atoms with Gasteiger partial charge in [-0.05, 0) is 44.4 Å². The number of esters is 2. The van der Waals surface area contributed by atoms with Gasteiger partial charge in [-0.15, -0.1) is 0 Å². The molecule has 0 saturated carbocycles. The molecule has 2 aliphatic heterocycles. The Morgan fingerprint density at radius 2 is 1.93 bits per heavy atom. The number of carbonyl (C=O) groups excluding carboxylic acids is 2. The number of rotatable bonds is 5. The van der Waals surface area contributed by atoms with Gasteiger partial charge in [0.25, 0.3) is 0 Å². The second-order valence-corrected chi connectivity index (χ2v) is 7.83. The molecule has 6 nitrogen and oxygen atoms in total. The van der Waals surface area contributed by atoms with Crippen LogP contribution in [0.2, 0.25) is 0 Å². The van der Waals surface area contributed by atoms with Gasteiger partial charge in [0.1, 0.15) is 6.61 Å². The first-order valence-electron chi connectivity index (χ1n) is 9.23. The lowest BCUT2D eigenvalue weighted by Gasteiger charge is -2.30. The highest BCUT2D eigenvalue weighted by molar-refractivity contribution is 9.10. The number of hydrogen-bond donors (Lipinski definition) is 1. The summed E-state index contributed by atoms with van der Waals surface area (Å²) in [5, 5.41) is 3.13. The van der Waals surface area contributed by atoms with Gasteiger partial charge >= 0.3 is 11.9 Å². The number of benzene rings is 1. The molecule has 2 atom stereocenters. The van der Waals surface area contributed by atoms with Gasteiger partial charge in [0.2, 0.25) is 0 Å². The lowest BCUT2D eigenvalue weighted by molar-refractivity contribution is -0.142. The zero-order valence-electron chi connectivity index (χ0n) is 16.2. The molecule has 0 aromatic heterocycles. The van der Waals surface area contributed by atoms with E-state index in [1.54, 1.807) is 6.92 Å². The van der Waals surface area contributed by atoms with Gasteiger partial charge in [-0.25, -0.2) is 9.59 Å². The highest BCUT2D eigenvalue weighted by Gasteiger charge is 2.38. The predicted molar refractivity (Wildman–Crippen MR) is 107 cm³/mol. The van der Waals surface area contributed by atoms with Crippen molar-refractivity contribution in [3.63, 3.8) is 0 Å². The van der Waals surface area contributed by atoms with Gasteiger partial charge in [0.05, 0.1) is 30.3 Å². The second-order valence-electron chi connectivity index (χ2n) is 6.92. The van der Waals surface area contributed by atoms with Crippen molar-refractivity contribution < 1.29 is 23.8 Å². The molecule has 1 aromatic carbocycles. The van der Waals surface area contributed by atoms with Crippen molar-refractivity contribution in [2.45, 2.75) is 38.7 Å². The van der Waals surface area contributed by atoms with Gasteiger partial charge in [0.15, 0.2) is 0 Å². The lowest BCUT2D eigenvalue weighted by atomic mass is 9.80. The summed E-state index contributed by atoms with van der Waals surface area (Å²) in [7, 11) is 1.33. The van der Waals surface area contributed by atoms with E-state index < -0.39 is 17.9 Å². The average Bonchev–Trinajstić information content (AvgIpc) is 3.18. The van der Waals surface area contributed by atoms with E-state index in [-0.39, 0.29) is 12.7 Å². The van der Waals surface area contributed by atoms with Gasteiger partial charge < -0.3 is 19.5 Å². The molecule has 0 spiro atoms. The average molecular weight is 450 g/mol. The molecule has 1 saturated heterocycles. The number of methoxy groups -OCH3 is 1. The third-order valence-electron chi connectivity index (χ3n) is 4.99. The summed E-state index contributed by atoms with van der Waals surface area (Å²) in [4.78, 5) is 25.6. The summed E-state index contributed by atoms with van der Waals surface area (Å²) in [5.74, 6) is -1.52. The van der Waals surface area contributed by atoms with E-state index in [4.69, 9.17) is 14.2 Å². The third-order valence-corrected chi connectivity index (χ3v) is 5.49. The van der Waals surface area contributed by atoms with E-state index in [2.05, 4.69) is 21.2 Å². The Labute approximate surface area is 173 Å². The fourth-order valence-electron chi connectivity index (χ4n) is 3.69. The van der Waals surface area contributed by atoms with Crippen LogP contribution in [-0.2, 0) is 23.8 Å². The molecule has 0 aliphatic carbocycles. The van der Waals surface area contributed by atoms with Crippen molar-refractivity contribution in [3.8, 4) is 0 Å².